The molecule has 118 valence electrons. The van der Waals surface area contributed by atoms with Crippen molar-refractivity contribution in [2.75, 3.05) is 25.0 Å². The summed E-state index contributed by atoms with van der Waals surface area (Å²) in [5, 5.41) is 22.6. The Morgan fingerprint density at radius 3 is 2.78 bits per heavy atom. The Labute approximate surface area is 134 Å². The van der Waals surface area contributed by atoms with Crippen molar-refractivity contribution in [3.8, 4) is 11.8 Å². The molecule has 7 heteroatoms. The van der Waals surface area contributed by atoms with E-state index in [4.69, 9.17) is 10.00 Å². The molecule has 0 radical (unpaired) electrons. The summed E-state index contributed by atoms with van der Waals surface area (Å²) < 4.78 is 5.34. The Hall–Kier alpha value is -3.14. The number of nitrogens with one attached hydrogen (secondary N) is 2. The minimum absolute atomic E-state index is 0.136. The van der Waals surface area contributed by atoms with Crippen molar-refractivity contribution in [1.82, 2.24) is 15.5 Å². The number of aromatic nitrogens is 2. The number of carbonyl (C=O) groups excluding carboxylic acids is 1. The fourth-order valence-corrected chi connectivity index (χ4v) is 1.76. The van der Waals surface area contributed by atoms with Crippen molar-refractivity contribution in [3.63, 3.8) is 0 Å². The van der Waals surface area contributed by atoms with Crippen LogP contribution in [0.3, 0.4) is 0 Å². The summed E-state index contributed by atoms with van der Waals surface area (Å²) in [6, 6.07) is 12.5. The van der Waals surface area contributed by atoms with Crippen LogP contribution in [0.1, 0.15) is 11.3 Å². The van der Waals surface area contributed by atoms with Gasteiger partial charge in [-0.05, 0) is 31.2 Å². The number of rotatable bonds is 7. The van der Waals surface area contributed by atoms with E-state index in [-0.39, 0.29) is 12.5 Å². The smallest absolute Gasteiger partial charge is 0.258 e. The van der Waals surface area contributed by atoms with Gasteiger partial charge in [0.1, 0.15) is 17.6 Å². The van der Waals surface area contributed by atoms with E-state index in [1.165, 1.54) is 0 Å². The maximum Gasteiger partial charge on any atom is 0.258 e. The summed E-state index contributed by atoms with van der Waals surface area (Å²) in [6.07, 6.45) is 0. The third-order valence-electron chi connectivity index (χ3n) is 2.92. The van der Waals surface area contributed by atoms with Gasteiger partial charge in [-0.3, -0.25) is 4.79 Å². The minimum Gasteiger partial charge on any atom is -0.482 e. The number of nitriles is 1. The number of amides is 1. The topological polar surface area (TPSA) is 99.9 Å². The quantitative estimate of drug-likeness (QED) is 0.747. The normalized spacial score (nSPS) is 9.74. The maximum absolute atomic E-state index is 11.7. The highest BCUT2D eigenvalue weighted by Gasteiger charge is 2.05. The van der Waals surface area contributed by atoms with Crippen LogP contribution in [0.25, 0.3) is 0 Å². The number of hydrogen-bond donors (Lipinski definition) is 2. The second-order valence-corrected chi connectivity index (χ2v) is 4.73. The van der Waals surface area contributed by atoms with Crippen molar-refractivity contribution in [2.45, 2.75) is 6.92 Å². The molecule has 0 aliphatic heterocycles. The van der Waals surface area contributed by atoms with Crippen molar-refractivity contribution >= 4 is 11.7 Å². The van der Waals surface area contributed by atoms with E-state index in [9.17, 15) is 4.79 Å². The number of anilines is 1. The highest BCUT2D eigenvalue weighted by molar-refractivity contribution is 5.77. The Bertz CT molecular complexity index is 694. The van der Waals surface area contributed by atoms with E-state index < -0.39 is 0 Å². The van der Waals surface area contributed by atoms with Gasteiger partial charge in [0.25, 0.3) is 5.91 Å². The molecule has 0 saturated carbocycles. The van der Waals surface area contributed by atoms with Gasteiger partial charge in [-0.1, -0.05) is 12.1 Å². The molecule has 0 bridgehead atoms. The maximum atomic E-state index is 11.7. The lowest BCUT2D eigenvalue weighted by molar-refractivity contribution is -0.123. The van der Waals surface area contributed by atoms with Crippen LogP contribution in [0.15, 0.2) is 36.4 Å². The lowest BCUT2D eigenvalue weighted by atomic mass is 10.2. The molecule has 0 aliphatic rings. The Morgan fingerprint density at radius 1 is 1.22 bits per heavy atom. The monoisotopic (exact) mass is 311 g/mol. The highest BCUT2D eigenvalue weighted by atomic mass is 16.5. The van der Waals surface area contributed by atoms with Crippen molar-refractivity contribution < 1.29 is 9.53 Å². The zero-order chi connectivity index (χ0) is 16.5. The summed E-state index contributed by atoms with van der Waals surface area (Å²) >= 11 is 0. The Kier molecular flexibility index (Phi) is 5.89. The summed E-state index contributed by atoms with van der Waals surface area (Å²) in [5.74, 6) is 0.803. The molecule has 2 N–H and O–H groups in total. The fourth-order valence-electron chi connectivity index (χ4n) is 1.76. The molecule has 1 aromatic carbocycles. The molecule has 0 unspecified atom stereocenters. The lowest BCUT2D eigenvalue weighted by Crippen LogP contribution is -2.32. The third-order valence-corrected chi connectivity index (χ3v) is 2.92. The molecular weight excluding hydrogens is 294 g/mol. The van der Waals surface area contributed by atoms with Gasteiger partial charge in [0.05, 0.1) is 11.3 Å². The van der Waals surface area contributed by atoms with Gasteiger partial charge in [-0.2, -0.15) is 10.4 Å². The number of nitrogens with zero attached hydrogens (tertiary/aromatic N) is 3. The average Bonchev–Trinajstić information content (AvgIpc) is 2.58. The number of benzene rings is 1. The van der Waals surface area contributed by atoms with Crippen molar-refractivity contribution in [2.24, 2.45) is 0 Å². The zero-order valence-corrected chi connectivity index (χ0v) is 12.7. The van der Waals surface area contributed by atoms with Gasteiger partial charge in [-0.15, -0.1) is 5.10 Å². The summed E-state index contributed by atoms with van der Waals surface area (Å²) in [6.45, 7) is 2.68. The predicted octanol–water partition coefficient (Wildman–Crippen LogP) is 1.26. The molecule has 0 spiro atoms. The Morgan fingerprint density at radius 2 is 2.04 bits per heavy atom. The highest BCUT2D eigenvalue weighted by Crippen LogP contribution is 2.15. The van der Waals surface area contributed by atoms with E-state index in [1.807, 2.05) is 25.1 Å². The van der Waals surface area contributed by atoms with Crippen LogP contribution in [-0.4, -0.2) is 35.8 Å². The van der Waals surface area contributed by atoms with Crippen LogP contribution in [0, 0.1) is 18.3 Å². The molecule has 7 nitrogen and oxygen atoms in total. The summed E-state index contributed by atoms with van der Waals surface area (Å²) in [4.78, 5) is 11.7. The zero-order valence-electron chi connectivity index (χ0n) is 12.7. The second-order valence-electron chi connectivity index (χ2n) is 4.73. The molecule has 0 atom stereocenters. The van der Waals surface area contributed by atoms with E-state index in [1.54, 1.807) is 24.3 Å². The predicted molar refractivity (Wildman–Crippen MR) is 84.9 cm³/mol. The van der Waals surface area contributed by atoms with E-state index in [0.717, 1.165) is 5.69 Å². The molecule has 2 rings (SSSR count). The molecular formula is C16H17N5O2. The van der Waals surface area contributed by atoms with Gasteiger partial charge in [-0.25, -0.2) is 0 Å². The molecule has 1 heterocycles. The molecule has 0 saturated heterocycles. The van der Waals surface area contributed by atoms with Crippen LogP contribution < -0.4 is 15.4 Å². The van der Waals surface area contributed by atoms with Crippen molar-refractivity contribution in [3.05, 3.63) is 47.7 Å². The number of aryl methyl sites for hydroxylation is 1. The first kappa shape index (κ1) is 16.2. The molecule has 1 amide bonds. The van der Waals surface area contributed by atoms with Gasteiger partial charge >= 0.3 is 0 Å². The average molecular weight is 311 g/mol. The first-order chi connectivity index (χ1) is 11.2. The lowest BCUT2D eigenvalue weighted by Gasteiger charge is -2.09. The molecule has 0 aliphatic carbocycles. The number of carbonyl (C=O) groups is 1. The number of para-hydroxylation sites is 1. The largest absolute Gasteiger partial charge is 0.482 e. The molecule has 0 fully saturated rings. The first-order valence-corrected chi connectivity index (χ1v) is 7.12. The number of ether oxygens (including phenoxy) is 1. The second kappa shape index (κ2) is 8.34. The van der Waals surface area contributed by atoms with Gasteiger partial charge in [0.15, 0.2) is 6.61 Å². The van der Waals surface area contributed by atoms with E-state index in [2.05, 4.69) is 20.8 Å². The van der Waals surface area contributed by atoms with Gasteiger partial charge in [0, 0.05) is 13.1 Å². The minimum atomic E-state index is -0.255. The van der Waals surface area contributed by atoms with Crippen LogP contribution >= 0.6 is 0 Å². The third kappa shape index (κ3) is 5.28. The fraction of sp³-hybridized carbons (Fsp3) is 0.250. The SMILES string of the molecule is Cc1ccc(NCCNC(=O)COc2ccccc2C#N)nn1. The molecule has 2 aromatic rings. The molecule has 23 heavy (non-hydrogen) atoms. The van der Waals surface area contributed by atoms with Crippen LogP contribution in [-0.2, 0) is 4.79 Å². The first-order valence-electron chi connectivity index (χ1n) is 7.12. The van der Waals surface area contributed by atoms with Crippen LogP contribution in [0.4, 0.5) is 5.82 Å². The van der Waals surface area contributed by atoms with Gasteiger partial charge < -0.3 is 15.4 Å². The van der Waals surface area contributed by atoms with Crippen LogP contribution in [0.2, 0.25) is 0 Å². The van der Waals surface area contributed by atoms with Gasteiger partial charge in [0.2, 0.25) is 0 Å². The Balaban J connectivity index is 1.67. The van der Waals surface area contributed by atoms with Crippen LogP contribution in [0.5, 0.6) is 5.75 Å². The number of hydrogen-bond acceptors (Lipinski definition) is 6. The van der Waals surface area contributed by atoms with Crippen molar-refractivity contribution in [1.29, 1.82) is 5.26 Å². The molecule has 1 aromatic heterocycles. The van der Waals surface area contributed by atoms with E-state index >= 15 is 0 Å². The van der Waals surface area contributed by atoms with E-state index in [0.29, 0.717) is 30.2 Å². The standard InChI is InChI=1S/C16H17N5O2/c1-12-6-7-15(21-20-12)18-8-9-19-16(22)11-23-14-5-3-2-4-13(14)10-17/h2-7H,8-9,11H2,1H3,(H,18,21)(H,19,22). The summed E-state index contributed by atoms with van der Waals surface area (Å²) in [5.41, 5.74) is 1.25. The summed E-state index contributed by atoms with van der Waals surface area (Å²) in [7, 11) is 0.